The summed E-state index contributed by atoms with van der Waals surface area (Å²) in [5.41, 5.74) is 0.817. The Morgan fingerprint density at radius 1 is 1.24 bits per heavy atom. The van der Waals surface area contributed by atoms with E-state index in [-0.39, 0.29) is 15.7 Å². The van der Waals surface area contributed by atoms with E-state index < -0.39 is 11.9 Å². The molecule has 25 heavy (non-hydrogen) atoms. The zero-order valence-corrected chi connectivity index (χ0v) is 16.0. The fraction of sp³-hybridized carbons (Fsp3) is 0.0625. The van der Waals surface area contributed by atoms with Gasteiger partial charge in [-0.2, -0.15) is 0 Å². The van der Waals surface area contributed by atoms with Crippen LogP contribution in [0.25, 0.3) is 0 Å². The average Bonchev–Trinajstić information content (AvgIpc) is 2.54. The Morgan fingerprint density at radius 3 is 2.52 bits per heavy atom. The molecule has 1 amide bonds. The van der Waals surface area contributed by atoms with Crippen molar-refractivity contribution in [2.75, 3.05) is 12.4 Å². The van der Waals surface area contributed by atoms with Gasteiger partial charge in [-0.1, -0.05) is 11.6 Å². The van der Waals surface area contributed by atoms with E-state index in [9.17, 15) is 9.59 Å². The van der Waals surface area contributed by atoms with Crippen LogP contribution >= 0.6 is 39.7 Å². The van der Waals surface area contributed by atoms with Crippen LogP contribution in [0, 0.1) is 0 Å². The summed E-state index contributed by atoms with van der Waals surface area (Å²) in [6, 6.07) is 9.11. The molecule has 3 N–H and O–H groups in total. The quantitative estimate of drug-likeness (QED) is 0.621. The van der Waals surface area contributed by atoms with E-state index >= 15 is 0 Å². The Bertz CT molecular complexity index is 860. The minimum atomic E-state index is -1.13. The van der Waals surface area contributed by atoms with Crippen molar-refractivity contribution >= 4 is 62.4 Å². The van der Waals surface area contributed by atoms with Gasteiger partial charge in [0.15, 0.2) is 5.11 Å². The van der Waals surface area contributed by atoms with Crippen molar-refractivity contribution in [1.82, 2.24) is 5.32 Å². The molecule has 9 heteroatoms. The van der Waals surface area contributed by atoms with Crippen LogP contribution in [0.15, 0.2) is 40.9 Å². The maximum absolute atomic E-state index is 12.2. The van der Waals surface area contributed by atoms with Crippen molar-refractivity contribution in [2.45, 2.75) is 0 Å². The standard InChI is InChI=1S/C16H12BrClN2O4S/c1-24-13-5-2-8(6-11(13)17)14(21)20-16(25)19-9-3-4-10(15(22)23)12(18)7-9/h2-7H,1H3,(H,22,23)(H2,19,20,21,25). The minimum absolute atomic E-state index is 0.0229. The number of carboxylic acids is 1. The van der Waals surface area contributed by atoms with Crippen LogP contribution < -0.4 is 15.4 Å². The lowest BCUT2D eigenvalue weighted by Crippen LogP contribution is -2.34. The fourth-order valence-corrected chi connectivity index (χ4v) is 2.92. The highest BCUT2D eigenvalue weighted by Crippen LogP contribution is 2.25. The van der Waals surface area contributed by atoms with Crippen molar-refractivity contribution in [3.8, 4) is 5.75 Å². The molecular formula is C16H12BrClN2O4S. The van der Waals surface area contributed by atoms with Crippen molar-refractivity contribution in [2.24, 2.45) is 0 Å². The van der Waals surface area contributed by atoms with Crippen LogP contribution in [0.4, 0.5) is 5.69 Å². The smallest absolute Gasteiger partial charge is 0.337 e. The lowest BCUT2D eigenvalue weighted by molar-refractivity contribution is 0.0697. The van der Waals surface area contributed by atoms with E-state index in [2.05, 4.69) is 26.6 Å². The third-order valence-electron chi connectivity index (χ3n) is 3.10. The van der Waals surface area contributed by atoms with Gasteiger partial charge in [0.05, 0.1) is 22.2 Å². The van der Waals surface area contributed by atoms with E-state index in [1.807, 2.05) is 0 Å². The third-order valence-corrected chi connectivity index (χ3v) is 4.23. The number of carboxylic acid groups (broad SMARTS) is 1. The molecule has 130 valence electrons. The molecule has 0 heterocycles. The zero-order chi connectivity index (χ0) is 18.6. The fourth-order valence-electron chi connectivity index (χ4n) is 1.91. The first-order chi connectivity index (χ1) is 11.8. The summed E-state index contributed by atoms with van der Waals surface area (Å²) in [5, 5.41) is 14.4. The Balaban J connectivity index is 2.04. The lowest BCUT2D eigenvalue weighted by Gasteiger charge is -2.11. The predicted molar refractivity (Wildman–Crippen MR) is 103 cm³/mol. The van der Waals surface area contributed by atoms with Gasteiger partial charge in [0, 0.05) is 11.3 Å². The summed E-state index contributed by atoms with van der Waals surface area (Å²) in [5.74, 6) is -0.933. The number of aromatic carboxylic acids is 1. The van der Waals surface area contributed by atoms with Crippen LogP contribution in [-0.4, -0.2) is 29.2 Å². The van der Waals surface area contributed by atoms with Crippen molar-refractivity contribution in [1.29, 1.82) is 0 Å². The molecule has 0 radical (unpaired) electrons. The number of carbonyl (C=O) groups is 2. The molecular weight excluding hydrogens is 432 g/mol. The zero-order valence-electron chi connectivity index (χ0n) is 12.8. The second-order valence-corrected chi connectivity index (χ2v) is 6.43. The van der Waals surface area contributed by atoms with E-state index in [4.69, 9.17) is 33.7 Å². The van der Waals surface area contributed by atoms with Crippen molar-refractivity contribution < 1.29 is 19.4 Å². The SMILES string of the molecule is COc1ccc(C(=O)NC(=S)Nc2ccc(C(=O)O)c(Cl)c2)cc1Br. The molecule has 0 aromatic heterocycles. The molecule has 6 nitrogen and oxygen atoms in total. The van der Waals surface area contributed by atoms with Crippen LogP contribution in [-0.2, 0) is 0 Å². The molecule has 0 aliphatic rings. The van der Waals surface area contributed by atoms with Crippen LogP contribution in [0.1, 0.15) is 20.7 Å². The van der Waals surface area contributed by atoms with Crippen LogP contribution in [0.3, 0.4) is 0 Å². The van der Waals surface area contributed by atoms with Crippen molar-refractivity contribution in [3.63, 3.8) is 0 Å². The number of nitrogens with one attached hydrogen (secondary N) is 2. The summed E-state index contributed by atoms with van der Waals surface area (Å²) >= 11 is 14.3. The number of rotatable bonds is 4. The minimum Gasteiger partial charge on any atom is -0.496 e. The van der Waals surface area contributed by atoms with Gasteiger partial charge in [-0.3, -0.25) is 10.1 Å². The number of ether oxygens (including phenoxy) is 1. The number of halogens is 2. The second kappa shape index (κ2) is 8.28. The van der Waals surface area contributed by atoms with Crippen molar-refractivity contribution in [3.05, 3.63) is 57.0 Å². The topological polar surface area (TPSA) is 87.7 Å². The molecule has 0 aliphatic carbocycles. The largest absolute Gasteiger partial charge is 0.496 e. The lowest BCUT2D eigenvalue weighted by atomic mass is 10.2. The maximum atomic E-state index is 12.2. The highest BCUT2D eigenvalue weighted by Gasteiger charge is 2.12. The number of carbonyl (C=O) groups excluding carboxylic acids is 1. The number of methoxy groups -OCH3 is 1. The summed E-state index contributed by atoms with van der Waals surface area (Å²) in [6.45, 7) is 0. The number of hydrogen-bond acceptors (Lipinski definition) is 4. The summed E-state index contributed by atoms with van der Waals surface area (Å²) in [4.78, 5) is 23.1. The highest BCUT2D eigenvalue weighted by molar-refractivity contribution is 9.10. The van der Waals surface area contributed by atoms with Gasteiger partial charge in [0.1, 0.15) is 5.75 Å². The Labute approximate surface area is 162 Å². The highest BCUT2D eigenvalue weighted by atomic mass is 79.9. The monoisotopic (exact) mass is 442 g/mol. The van der Waals surface area contributed by atoms with E-state index in [1.54, 1.807) is 18.2 Å². The maximum Gasteiger partial charge on any atom is 0.337 e. The van der Waals surface area contributed by atoms with Gasteiger partial charge in [0.2, 0.25) is 0 Å². The molecule has 0 saturated carbocycles. The number of hydrogen-bond donors (Lipinski definition) is 3. The van der Waals surface area contributed by atoms with Gasteiger partial charge < -0.3 is 15.2 Å². The van der Waals surface area contributed by atoms with Crippen LogP contribution in [0.2, 0.25) is 5.02 Å². The molecule has 0 spiro atoms. The van der Waals surface area contributed by atoms with E-state index in [0.717, 1.165) is 0 Å². The number of benzene rings is 2. The molecule has 2 aromatic rings. The van der Waals surface area contributed by atoms with Gasteiger partial charge in [-0.05, 0) is 64.5 Å². The third kappa shape index (κ3) is 4.91. The molecule has 0 saturated heterocycles. The molecule has 2 rings (SSSR count). The number of anilines is 1. The number of thiocarbonyl (C=S) groups is 1. The molecule has 0 unspecified atom stereocenters. The first-order valence-electron chi connectivity index (χ1n) is 6.80. The Hall–Kier alpha value is -2.16. The molecule has 0 fully saturated rings. The van der Waals surface area contributed by atoms with Gasteiger partial charge >= 0.3 is 5.97 Å². The Kier molecular flexibility index (Phi) is 6.35. The van der Waals surface area contributed by atoms with E-state index in [1.165, 1.54) is 25.3 Å². The second-order valence-electron chi connectivity index (χ2n) is 4.76. The first-order valence-corrected chi connectivity index (χ1v) is 8.38. The predicted octanol–water partition coefficient (Wildman–Crippen LogP) is 3.94. The summed E-state index contributed by atoms with van der Waals surface area (Å²) in [6.07, 6.45) is 0. The Morgan fingerprint density at radius 2 is 1.96 bits per heavy atom. The average molecular weight is 444 g/mol. The van der Waals surface area contributed by atoms with Crippen LogP contribution in [0.5, 0.6) is 5.75 Å². The number of amides is 1. The van der Waals surface area contributed by atoms with Gasteiger partial charge in [-0.15, -0.1) is 0 Å². The summed E-state index contributed by atoms with van der Waals surface area (Å²) in [7, 11) is 1.53. The normalized spacial score (nSPS) is 10.0. The molecule has 0 atom stereocenters. The van der Waals surface area contributed by atoms with Gasteiger partial charge in [0.25, 0.3) is 5.91 Å². The first kappa shape index (κ1) is 19.2. The molecule has 2 aromatic carbocycles. The van der Waals surface area contributed by atoms with Gasteiger partial charge in [-0.25, -0.2) is 4.79 Å². The van der Waals surface area contributed by atoms with E-state index in [0.29, 0.717) is 21.5 Å². The summed E-state index contributed by atoms with van der Waals surface area (Å²) < 4.78 is 5.74. The molecule has 0 aliphatic heterocycles. The molecule has 0 bridgehead atoms.